The first-order valence-corrected chi connectivity index (χ1v) is 14.2. The average molecular weight is 546 g/mol. The molecule has 3 aromatic rings. The molecule has 1 aliphatic rings. The maximum Gasteiger partial charge on any atom is 0.409 e. The number of hydrogen-bond donors (Lipinski definition) is 2. The van der Waals surface area contributed by atoms with Gasteiger partial charge in [-0.15, -0.1) is 0 Å². The molecule has 0 bridgehead atoms. The van der Waals surface area contributed by atoms with E-state index in [0.717, 1.165) is 11.8 Å². The van der Waals surface area contributed by atoms with Crippen molar-refractivity contribution in [3.8, 4) is 5.69 Å². The molecule has 1 saturated heterocycles. The van der Waals surface area contributed by atoms with Crippen LogP contribution in [0, 0.1) is 0 Å². The Morgan fingerprint density at radius 3 is 2.46 bits per heavy atom. The normalized spacial score (nSPS) is 14.5. The van der Waals surface area contributed by atoms with Crippen molar-refractivity contribution >= 4 is 44.7 Å². The minimum atomic E-state index is -3.89. The first-order chi connectivity index (χ1) is 17.7. The summed E-state index contributed by atoms with van der Waals surface area (Å²) in [7, 11) is -3.89. The molecule has 2 amide bonds. The molecule has 3 N–H and O–H groups in total. The van der Waals surface area contributed by atoms with Crippen molar-refractivity contribution in [2.45, 2.75) is 35.9 Å². The van der Waals surface area contributed by atoms with E-state index in [9.17, 15) is 22.8 Å². The number of nitrogens with zero attached hydrogens (tertiary/aromatic N) is 3. The fraction of sp³-hybridized carbons (Fsp3) is 0.333. The number of hydrogen-bond acceptors (Lipinski definition) is 8. The Morgan fingerprint density at radius 1 is 1.14 bits per heavy atom. The molecule has 0 saturated carbocycles. The fourth-order valence-electron chi connectivity index (χ4n) is 4.04. The number of para-hydroxylation sites is 1. The van der Waals surface area contributed by atoms with E-state index in [2.05, 4.69) is 10.3 Å². The summed E-state index contributed by atoms with van der Waals surface area (Å²) in [6.07, 6.45) is 0.884. The first kappa shape index (κ1) is 26.6. The van der Waals surface area contributed by atoms with E-state index in [0.29, 0.717) is 54.3 Å². The summed E-state index contributed by atoms with van der Waals surface area (Å²) < 4.78 is 29.6. The number of carbonyl (C=O) groups excluding carboxylic acids is 2. The van der Waals surface area contributed by atoms with Gasteiger partial charge < -0.3 is 15.0 Å². The predicted octanol–water partition coefficient (Wildman–Crippen LogP) is 1.86. The van der Waals surface area contributed by atoms with Gasteiger partial charge in [0.05, 0.1) is 33.8 Å². The van der Waals surface area contributed by atoms with Crippen molar-refractivity contribution in [1.82, 2.24) is 19.8 Å². The van der Waals surface area contributed by atoms with Gasteiger partial charge in [-0.2, -0.15) is 0 Å². The third-order valence-corrected chi connectivity index (χ3v) is 7.75. The number of aromatic nitrogens is 2. The highest BCUT2D eigenvalue weighted by Gasteiger charge is 2.25. The van der Waals surface area contributed by atoms with Crippen molar-refractivity contribution in [3.63, 3.8) is 0 Å². The molecular formula is C24H27N5O6S2. The molecule has 1 aromatic heterocycles. The third kappa shape index (κ3) is 6.29. The number of sulfonamides is 1. The summed E-state index contributed by atoms with van der Waals surface area (Å²) in [6, 6.07) is 12.4. The van der Waals surface area contributed by atoms with Gasteiger partial charge in [0.1, 0.15) is 0 Å². The zero-order valence-electron chi connectivity index (χ0n) is 20.1. The van der Waals surface area contributed by atoms with Crippen LogP contribution in [0.25, 0.3) is 16.6 Å². The van der Waals surface area contributed by atoms with E-state index < -0.39 is 10.0 Å². The maximum absolute atomic E-state index is 13.3. The lowest BCUT2D eigenvalue weighted by Crippen LogP contribution is -2.47. The quantitative estimate of drug-likeness (QED) is 0.337. The van der Waals surface area contributed by atoms with Crippen LogP contribution >= 0.6 is 11.8 Å². The van der Waals surface area contributed by atoms with Crippen LogP contribution in [0.5, 0.6) is 0 Å². The lowest BCUT2D eigenvalue weighted by molar-refractivity contribution is -0.119. The molecule has 0 aliphatic carbocycles. The third-order valence-electron chi connectivity index (χ3n) is 5.89. The highest BCUT2D eigenvalue weighted by molar-refractivity contribution is 7.99. The standard InChI is InChI=1S/C24H27N5O6S2/c1-2-35-24(32)28-13-11-16(12-14-28)26-21(30)15-36-23-27-20-6-4-3-5-19(20)22(31)29(23)17-7-9-18(10-8-17)37(25,33)34/h3-10,16H,2,11-15H2,1H3,(H,26,30)(H2,25,33,34). The SMILES string of the molecule is CCOC(=O)N1CCC(NC(=O)CSc2nc3ccccc3c(=O)n2-c2ccc(S(N)(=O)=O)cc2)CC1. The number of rotatable bonds is 7. The van der Waals surface area contributed by atoms with Crippen LogP contribution in [0.4, 0.5) is 4.79 Å². The fourth-order valence-corrected chi connectivity index (χ4v) is 5.38. The highest BCUT2D eigenvalue weighted by atomic mass is 32.2. The Morgan fingerprint density at radius 2 is 1.81 bits per heavy atom. The molecule has 37 heavy (non-hydrogen) atoms. The van der Waals surface area contributed by atoms with Crippen LogP contribution in [0.2, 0.25) is 0 Å². The van der Waals surface area contributed by atoms with Gasteiger partial charge in [0.2, 0.25) is 15.9 Å². The number of ether oxygens (including phenoxy) is 1. The molecular weight excluding hydrogens is 518 g/mol. The smallest absolute Gasteiger partial charge is 0.409 e. The second-order valence-corrected chi connectivity index (χ2v) is 10.9. The predicted molar refractivity (Wildman–Crippen MR) is 139 cm³/mol. The number of fused-ring (bicyclic) bond motifs is 1. The van der Waals surface area contributed by atoms with Crippen LogP contribution in [-0.4, -0.2) is 66.4 Å². The van der Waals surface area contributed by atoms with Crippen LogP contribution in [0.3, 0.4) is 0 Å². The molecule has 196 valence electrons. The summed E-state index contributed by atoms with van der Waals surface area (Å²) >= 11 is 1.10. The first-order valence-electron chi connectivity index (χ1n) is 11.7. The number of nitrogens with two attached hydrogens (primary N) is 1. The summed E-state index contributed by atoms with van der Waals surface area (Å²) in [5, 5.41) is 8.85. The van der Waals surface area contributed by atoms with Crippen molar-refractivity contribution in [2.24, 2.45) is 5.14 Å². The molecule has 13 heteroatoms. The van der Waals surface area contributed by atoms with Crippen molar-refractivity contribution in [3.05, 3.63) is 58.9 Å². The number of carbonyl (C=O) groups is 2. The zero-order valence-corrected chi connectivity index (χ0v) is 21.8. The monoisotopic (exact) mass is 545 g/mol. The van der Waals surface area contributed by atoms with Gasteiger partial charge in [-0.3, -0.25) is 14.2 Å². The molecule has 2 aromatic carbocycles. The summed E-state index contributed by atoms with van der Waals surface area (Å²) in [5.74, 6) is -0.212. The Bertz CT molecular complexity index is 1470. The van der Waals surface area contributed by atoms with Crippen molar-refractivity contribution < 1.29 is 22.7 Å². The van der Waals surface area contributed by atoms with Crippen LogP contribution in [0.1, 0.15) is 19.8 Å². The Balaban J connectivity index is 1.51. The molecule has 0 spiro atoms. The number of piperidine rings is 1. The van der Waals surface area contributed by atoms with Crippen LogP contribution < -0.4 is 16.0 Å². The van der Waals surface area contributed by atoms with Crippen molar-refractivity contribution in [1.29, 1.82) is 0 Å². The lowest BCUT2D eigenvalue weighted by Gasteiger charge is -2.31. The highest BCUT2D eigenvalue weighted by Crippen LogP contribution is 2.22. The van der Waals surface area contributed by atoms with Gasteiger partial charge in [-0.1, -0.05) is 23.9 Å². The molecule has 4 rings (SSSR count). The maximum atomic E-state index is 13.3. The van der Waals surface area contributed by atoms with E-state index in [4.69, 9.17) is 9.88 Å². The summed E-state index contributed by atoms with van der Waals surface area (Å²) in [4.78, 5) is 44.1. The van der Waals surface area contributed by atoms with Gasteiger partial charge in [-0.05, 0) is 56.2 Å². The topological polar surface area (TPSA) is 154 Å². The zero-order chi connectivity index (χ0) is 26.6. The molecule has 1 aliphatic heterocycles. The van der Waals surface area contributed by atoms with E-state index in [-0.39, 0.29) is 34.2 Å². The minimum absolute atomic E-state index is 0.0120. The van der Waals surface area contributed by atoms with Gasteiger partial charge in [0, 0.05) is 19.1 Å². The summed E-state index contributed by atoms with van der Waals surface area (Å²) in [6.45, 7) is 3.07. The number of nitrogens with one attached hydrogen (secondary N) is 1. The second kappa shape index (κ2) is 11.3. The number of thioether (sulfide) groups is 1. The van der Waals surface area contributed by atoms with E-state index in [1.807, 2.05) is 0 Å². The Labute approximate surface area is 218 Å². The van der Waals surface area contributed by atoms with Gasteiger partial charge in [0.25, 0.3) is 5.56 Å². The molecule has 1 fully saturated rings. The number of benzene rings is 2. The van der Waals surface area contributed by atoms with E-state index in [1.54, 1.807) is 36.1 Å². The second-order valence-electron chi connectivity index (χ2n) is 8.41. The number of likely N-dealkylation sites (tertiary alicyclic amines) is 1. The molecule has 0 atom stereocenters. The largest absolute Gasteiger partial charge is 0.450 e. The molecule has 0 radical (unpaired) electrons. The Kier molecular flexibility index (Phi) is 8.15. The van der Waals surface area contributed by atoms with Gasteiger partial charge in [-0.25, -0.2) is 23.3 Å². The van der Waals surface area contributed by atoms with Crippen molar-refractivity contribution in [2.75, 3.05) is 25.4 Å². The van der Waals surface area contributed by atoms with Gasteiger partial charge >= 0.3 is 6.09 Å². The van der Waals surface area contributed by atoms with Crippen LogP contribution in [0.15, 0.2) is 63.4 Å². The van der Waals surface area contributed by atoms with Crippen LogP contribution in [-0.2, 0) is 19.6 Å². The molecule has 11 nitrogen and oxygen atoms in total. The Hall–Kier alpha value is -3.42. The van der Waals surface area contributed by atoms with Gasteiger partial charge in [0.15, 0.2) is 5.16 Å². The average Bonchev–Trinajstić information content (AvgIpc) is 2.88. The number of amides is 2. The number of primary sulfonamides is 1. The summed E-state index contributed by atoms with van der Waals surface area (Å²) in [5.41, 5.74) is 0.534. The molecule has 2 heterocycles. The van der Waals surface area contributed by atoms with E-state index in [1.165, 1.54) is 28.8 Å². The minimum Gasteiger partial charge on any atom is -0.450 e. The molecule has 0 unspecified atom stereocenters. The lowest BCUT2D eigenvalue weighted by atomic mass is 10.1. The van der Waals surface area contributed by atoms with E-state index >= 15 is 0 Å².